The molecule has 1 rings (SSSR count). The molecule has 0 bridgehead atoms. The zero-order chi connectivity index (χ0) is 12.9. The first-order chi connectivity index (χ1) is 7.97. The smallest absolute Gasteiger partial charge is 0.242 e. The third-order valence-corrected chi connectivity index (χ3v) is 4.21. The van der Waals surface area contributed by atoms with Crippen molar-refractivity contribution in [2.75, 3.05) is 20.1 Å². The summed E-state index contributed by atoms with van der Waals surface area (Å²) in [5, 5.41) is 3.20. The van der Waals surface area contributed by atoms with Crippen molar-refractivity contribution in [3.8, 4) is 0 Å². The second kappa shape index (κ2) is 7.96. The van der Waals surface area contributed by atoms with Gasteiger partial charge in [0.1, 0.15) is 4.90 Å². The lowest BCUT2D eigenvalue weighted by atomic mass is 10.2. The number of aryl methyl sites for hydroxylation is 1. The van der Waals surface area contributed by atoms with E-state index in [-0.39, 0.29) is 22.3 Å². The lowest BCUT2D eigenvalue weighted by molar-refractivity contribution is 0.577. The van der Waals surface area contributed by atoms with Gasteiger partial charge in [-0.2, -0.15) is 0 Å². The van der Waals surface area contributed by atoms with Crippen LogP contribution in [0.2, 0.25) is 5.02 Å². The second-order valence-corrected chi connectivity index (χ2v) is 5.93. The van der Waals surface area contributed by atoms with E-state index in [4.69, 9.17) is 11.6 Å². The highest BCUT2D eigenvalue weighted by Gasteiger charge is 2.17. The fourth-order valence-corrected chi connectivity index (χ4v) is 3.02. The minimum absolute atomic E-state index is 0. The van der Waals surface area contributed by atoms with Crippen LogP contribution in [0.1, 0.15) is 12.0 Å². The van der Waals surface area contributed by atoms with E-state index >= 15 is 0 Å². The molecule has 0 amide bonds. The number of rotatable bonds is 6. The molecule has 0 radical (unpaired) electrons. The molecule has 0 aliphatic rings. The van der Waals surface area contributed by atoms with E-state index in [9.17, 15) is 8.42 Å². The number of hydrogen-bond donors (Lipinski definition) is 2. The number of nitrogens with one attached hydrogen (secondary N) is 2. The molecular weight excluding hydrogens is 295 g/mol. The van der Waals surface area contributed by atoms with Crippen LogP contribution in [0.15, 0.2) is 23.1 Å². The number of benzene rings is 1. The number of halogens is 2. The summed E-state index contributed by atoms with van der Waals surface area (Å²) in [6.45, 7) is 2.99. The minimum Gasteiger partial charge on any atom is -0.320 e. The molecule has 7 heteroatoms. The van der Waals surface area contributed by atoms with Gasteiger partial charge >= 0.3 is 0 Å². The number of sulfonamides is 1. The Kier molecular flexibility index (Phi) is 7.82. The first kappa shape index (κ1) is 17.7. The summed E-state index contributed by atoms with van der Waals surface area (Å²) in [6, 6.07) is 4.95. The second-order valence-electron chi connectivity index (χ2n) is 3.79. The standard InChI is InChI=1S/C11H17ClN2O2S.ClH/c1-9-4-5-10(12)11(8-9)17(15,16)14-7-3-6-13-2;/h4-5,8,13-14H,3,6-7H2,1-2H3;1H. The molecule has 0 unspecified atom stereocenters. The van der Waals surface area contributed by atoms with Gasteiger partial charge in [-0.05, 0) is 44.6 Å². The van der Waals surface area contributed by atoms with Crippen LogP contribution in [0.3, 0.4) is 0 Å². The van der Waals surface area contributed by atoms with Crippen LogP contribution >= 0.6 is 24.0 Å². The first-order valence-corrected chi connectivity index (χ1v) is 7.24. The summed E-state index contributed by atoms with van der Waals surface area (Å²) in [7, 11) is -1.68. The molecule has 0 spiro atoms. The molecule has 0 saturated heterocycles. The molecule has 18 heavy (non-hydrogen) atoms. The van der Waals surface area contributed by atoms with Gasteiger partial charge in [-0.1, -0.05) is 17.7 Å². The van der Waals surface area contributed by atoms with Crippen molar-refractivity contribution < 1.29 is 8.42 Å². The summed E-state index contributed by atoms with van der Waals surface area (Å²) in [6.07, 6.45) is 0.735. The molecule has 0 aliphatic carbocycles. The van der Waals surface area contributed by atoms with E-state index in [2.05, 4.69) is 10.0 Å². The molecule has 0 fully saturated rings. The van der Waals surface area contributed by atoms with Crippen molar-refractivity contribution in [1.29, 1.82) is 0 Å². The summed E-state index contributed by atoms with van der Waals surface area (Å²) >= 11 is 5.89. The third kappa shape index (κ3) is 5.12. The van der Waals surface area contributed by atoms with E-state index in [1.807, 2.05) is 14.0 Å². The van der Waals surface area contributed by atoms with Crippen LogP contribution in [0, 0.1) is 6.92 Å². The number of hydrogen-bond acceptors (Lipinski definition) is 3. The van der Waals surface area contributed by atoms with Crippen molar-refractivity contribution in [2.24, 2.45) is 0 Å². The Morgan fingerprint density at radius 2 is 1.94 bits per heavy atom. The van der Waals surface area contributed by atoms with Crippen LogP contribution in [-0.2, 0) is 10.0 Å². The molecule has 0 aliphatic heterocycles. The fourth-order valence-electron chi connectivity index (χ4n) is 1.37. The van der Waals surface area contributed by atoms with Crippen molar-refractivity contribution >= 4 is 34.0 Å². The van der Waals surface area contributed by atoms with Gasteiger partial charge in [0, 0.05) is 6.54 Å². The predicted octanol–water partition coefficient (Wildman–Crippen LogP) is 1.96. The van der Waals surface area contributed by atoms with Crippen LogP contribution in [-0.4, -0.2) is 28.6 Å². The molecule has 0 atom stereocenters. The van der Waals surface area contributed by atoms with Crippen LogP contribution in [0.25, 0.3) is 0 Å². The van der Waals surface area contributed by atoms with E-state index in [1.165, 1.54) is 0 Å². The zero-order valence-electron chi connectivity index (χ0n) is 10.4. The Labute approximate surface area is 120 Å². The average Bonchev–Trinajstić information content (AvgIpc) is 2.28. The van der Waals surface area contributed by atoms with Gasteiger partial charge in [0.05, 0.1) is 5.02 Å². The SMILES string of the molecule is CNCCCNS(=O)(=O)c1cc(C)ccc1Cl.Cl. The van der Waals surface area contributed by atoms with Crippen LogP contribution in [0.5, 0.6) is 0 Å². The Hall–Kier alpha value is -0.330. The third-order valence-electron chi connectivity index (χ3n) is 2.27. The predicted molar refractivity (Wildman–Crippen MR) is 77.2 cm³/mol. The highest BCUT2D eigenvalue weighted by molar-refractivity contribution is 7.89. The van der Waals surface area contributed by atoms with E-state index < -0.39 is 10.0 Å². The molecule has 2 N–H and O–H groups in total. The fraction of sp³-hybridized carbons (Fsp3) is 0.455. The average molecular weight is 313 g/mol. The van der Waals surface area contributed by atoms with Gasteiger partial charge < -0.3 is 5.32 Å². The van der Waals surface area contributed by atoms with Gasteiger partial charge in [0.2, 0.25) is 10.0 Å². The lowest BCUT2D eigenvalue weighted by Crippen LogP contribution is -2.27. The van der Waals surface area contributed by atoms with E-state index in [0.29, 0.717) is 6.54 Å². The molecule has 1 aromatic carbocycles. The highest BCUT2D eigenvalue weighted by atomic mass is 35.5. The minimum atomic E-state index is -3.50. The topological polar surface area (TPSA) is 58.2 Å². The Morgan fingerprint density at radius 1 is 1.28 bits per heavy atom. The maximum Gasteiger partial charge on any atom is 0.242 e. The Morgan fingerprint density at radius 3 is 2.56 bits per heavy atom. The summed E-state index contributed by atoms with van der Waals surface area (Å²) in [5.74, 6) is 0. The lowest BCUT2D eigenvalue weighted by Gasteiger charge is -2.08. The molecule has 104 valence electrons. The zero-order valence-corrected chi connectivity index (χ0v) is 12.8. The van der Waals surface area contributed by atoms with Gasteiger partial charge in [-0.15, -0.1) is 12.4 Å². The van der Waals surface area contributed by atoms with Crippen molar-refractivity contribution in [3.05, 3.63) is 28.8 Å². The van der Waals surface area contributed by atoms with Gasteiger partial charge in [0.15, 0.2) is 0 Å². The maximum absolute atomic E-state index is 12.0. The first-order valence-electron chi connectivity index (χ1n) is 5.38. The summed E-state index contributed by atoms with van der Waals surface area (Å²) in [4.78, 5) is 0.142. The van der Waals surface area contributed by atoms with Crippen molar-refractivity contribution in [1.82, 2.24) is 10.0 Å². The van der Waals surface area contributed by atoms with Gasteiger partial charge in [-0.3, -0.25) is 0 Å². The Balaban J connectivity index is 0.00000289. The van der Waals surface area contributed by atoms with Gasteiger partial charge in [-0.25, -0.2) is 13.1 Å². The molecule has 0 heterocycles. The van der Waals surface area contributed by atoms with E-state index in [0.717, 1.165) is 18.5 Å². The van der Waals surface area contributed by atoms with Crippen molar-refractivity contribution in [2.45, 2.75) is 18.2 Å². The van der Waals surface area contributed by atoms with E-state index in [1.54, 1.807) is 18.2 Å². The van der Waals surface area contributed by atoms with Crippen LogP contribution in [0.4, 0.5) is 0 Å². The molecule has 4 nitrogen and oxygen atoms in total. The monoisotopic (exact) mass is 312 g/mol. The van der Waals surface area contributed by atoms with Crippen molar-refractivity contribution in [3.63, 3.8) is 0 Å². The van der Waals surface area contributed by atoms with Gasteiger partial charge in [0.25, 0.3) is 0 Å². The molecule has 0 saturated carbocycles. The summed E-state index contributed by atoms with van der Waals surface area (Å²) < 4.78 is 26.4. The molecular formula is C11H18Cl2N2O2S. The maximum atomic E-state index is 12.0. The highest BCUT2D eigenvalue weighted by Crippen LogP contribution is 2.22. The Bertz CT molecular complexity index is 478. The molecule has 0 aromatic heterocycles. The summed E-state index contributed by atoms with van der Waals surface area (Å²) in [5.41, 5.74) is 0.866. The normalized spacial score (nSPS) is 11.1. The van der Waals surface area contributed by atoms with Crippen LogP contribution < -0.4 is 10.0 Å². The molecule has 1 aromatic rings. The quantitative estimate of drug-likeness (QED) is 0.789. The largest absolute Gasteiger partial charge is 0.320 e.